The molecule has 10 nitrogen and oxygen atoms in total. The Morgan fingerprint density at radius 1 is 0.673 bits per heavy atom. The van der Waals surface area contributed by atoms with Gasteiger partial charge in [-0.05, 0) is 64.2 Å². The minimum absolute atomic E-state index is 0.0101. The highest BCUT2D eigenvalue weighted by atomic mass is 31.2. The van der Waals surface area contributed by atoms with Crippen LogP contribution in [0.4, 0.5) is 0 Å². The van der Waals surface area contributed by atoms with Crippen LogP contribution in [0.2, 0.25) is 0 Å². The summed E-state index contributed by atoms with van der Waals surface area (Å²) in [6.45, 7) is 4.11. The third-order valence-electron chi connectivity index (χ3n) is 8.64. The van der Waals surface area contributed by atoms with E-state index in [0.29, 0.717) is 30.3 Å². The highest BCUT2D eigenvalue weighted by molar-refractivity contribution is 7.47. The van der Waals surface area contributed by atoms with E-state index in [2.05, 4.69) is 56.4 Å². The zero-order valence-electron chi connectivity index (χ0n) is 35.3. The Hall–Kier alpha value is -2.33. The smallest absolute Gasteiger partial charge is 0.462 e. The Labute approximate surface area is 335 Å². The van der Waals surface area contributed by atoms with Crippen molar-refractivity contribution >= 4 is 19.8 Å². The summed E-state index contributed by atoms with van der Waals surface area (Å²) in [6, 6.07) is 0. The van der Waals surface area contributed by atoms with Crippen molar-refractivity contribution in [3.05, 3.63) is 60.8 Å². The molecule has 0 aromatic rings. The summed E-state index contributed by atoms with van der Waals surface area (Å²) in [5, 5.41) is 10.1. The molecule has 0 fully saturated rings. The minimum Gasteiger partial charge on any atom is -0.462 e. The first-order valence-corrected chi connectivity index (χ1v) is 22.6. The zero-order valence-corrected chi connectivity index (χ0v) is 36.1. The van der Waals surface area contributed by atoms with Gasteiger partial charge in [-0.25, -0.2) is 4.57 Å². The van der Waals surface area contributed by atoms with Crippen molar-refractivity contribution in [1.29, 1.82) is 0 Å². The first kappa shape index (κ1) is 52.7. The van der Waals surface area contributed by atoms with Crippen LogP contribution in [0.3, 0.4) is 0 Å². The van der Waals surface area contributed by atoms with Crippen molar-refractivity contribution in [1.82, 2.24) is 0 Å². The summed E-state index contributed by atoms with van der Waals surface area (Å²) in [5.74, 6) is -0.897. The van der Waals surface area contributed by atoms with Gasteiger partial charge < -0.3 is 24.0 Å². The molecule has 2 unspecified atom stereocenters. The number of ether oxygens (including phenoxy) is 2. The van der Waals surface area contributed by atoms with E-state index in [0.717, 1.165) is 77.0 Å². The minimum atomic E-state index is -4.40. The van der Waals surface area contributed by atoms with Gasteiger partial charge in [0.15, 0.2) is 6.10 Å². The number of phosphoric ester groups is 1. The van der Waals surface area contributed by atoms with Crippen LogP contribution in [0.5, 0.6) is 0 Å². The van der Waals surface area contributed by atoms with Crippen LogP contribution >= 0.6 is 7.82 Å². The second-order valence-corrected chi connectivity index (χ2v) is 16.6. The number of carbonyl (C=O) groups excluding carboxylic acids is 2. The highest BCUT2D eigenvalue weighted by Crippen LogP contribution is 2.43. The summed E-state index contributed by atoms with van der Waals surface area (Å²) in [7, 11) is 1.40. The molecular weight excluding hydrogens is 717 g/mol. The van der Waals surface area contributed by atoms with Crippen LogP contribution in [0.15, 0.2) is 60.8 Å². The number of rotatable bonds is 37. The van der Waals surface area contributed by atoms with Gasteiger partial charge in [0.2, 0.25) is 0 Å². The maximum atomic E-state index is 12.7. The number of phosphoric acid groups is 1. The molecule has 0 saturated heterocycles. The Balaban J connectivity index is 4.51. The Morgan fingerprint density at radius 2 is 1.25 bits per heavy atom. The molecule has 2 N–H and O–H groups in total. The number of allylic oxidation sites excluding steroid dienone is 9. The monoisotopic (exact) mass is 797 g/mol. The van der Waals surface area contributed by atoms with E-state index in [1.165, 1.54) is 25.7 Å². The molecule has 0 amide bonds. The summed E-state index contributed by atoms with van der Waals surface area (Å²) in [6.07, 6.45) is 38.6. The number of hydrogen-bond donors (Lipinski definition) is 2. The van der Waals surface area contributed by atoms with Gasteiger partial charge in [0.1, 0.15) is 19.8 Å². The second kappa shape index (κ2) is 36.0. The predicted octanol–water partition coefficient (Wildman–Crippen LogP) is 10.7. The Kier molecular flexibility index (Phi) is 34.5. The van der Waals surface area contributed by atoms with E-state index in [1.54, 1.807) is 0 Å². The molecule has 0 aliphatic rings. The molecule has 0 aliphatic heterocycles. The average Bonchev–Trinajstić information content (AvgIpc) is 3.12. The molecule has 0 saturated carbocycles. The van der Waals surface area contributed by atoms with Crippen LogP contribution in [0.25, 0.3) is 0 Å². The molecule has 0 spiro atoms. The van der Waals surface area contributed by atoms with E-state index in [9.17, 15) is 24.2 Å². The van der Waals surface area contributed by atoms with Crippen molar-refractivity contribution in [2.75, 3.05) is 47.5 Å². The average molecular weight is 797 g/mol. The van der Waals surface area contributed by atoms with Crippen molar-refractivity contribution in [3.8, 4) is 0 Å². The van der Waals surface area contributed by atoms with E-state index >= 15 is 0 Å². The fourth-order valence-electron chi connectivity index (χ4n) is 5.28. The number of likely N-dealkylation sites (N-methyl/N-ethyl adjacent to an activating group) is 1. The number of carbonyl (C=O) groups is 2. The lowest BCUT2D eigenvalue weighted by Crippen LogP contribution is -2.37. The number of hydrogen-bond acceptors (Lipinski definition) is 8. The molecule has 3 atom stereocenters. The van der Waals surface area contributed by atoms with E-state index in [-0.39, 0.29) is 26.1 Å². The standard InChI is InChI=1S/C44H78NO9P/c1-6-8-10-12-14-15-16-17-18-19-20-21-23-27-32-36-44(48)54-42(40-53-55(49,50)52-38-37-45(3,4)5)39-51-43(47)35-31-28-24-26-30-34-41(46)33-29-25-22-13-11-9-7-2/h9,11,14-15,17-18,22,25,29,33,41-42,46H,6-8,10,12-13,16,19-21,23-24,26-28,30-32,34-40H2,1-5H3/p+1/b11-9+,15-14-,18-17-,25-22+,33-29+/t41?,42-/m1/s1. The molecule has 0 radical (unpaired) electrons. The lowest BCUT2D eigenvalue weighted by atomic mass is 10.1. The van der Waals surface area contributed by atoms with Crippen molar-refractivity contribution in [2.24, 2.45) is 0 Å². The molecule has 0 heterocycles. The molecular formula is C44H79NO9P+. The van der Waals surface area contributed by atoms with E-state index < -0.39 is 38.6 Å². The third kappa shape index (κ3) is 39.7. The van der Waals surface area contributed by atoms with Gasteiger partial charge in [0.25, 0.3) is 0 Å². The largest absolute Gasteiger partial charge is 0.472 e. The van der Waals surface area contributed by atoms with Gasteiger partial charge in [-0.2, -0.15) is 0 Å². The summed E-state index contributed by atoms with van der Waals surface area (Å²) >= 11 is 0. The van der Waals surface area contributed by atoms with Crippen LogP contribution < -0.4 is 0 Å². The van der Waals surface area contributed by atoms with E-state index in [4.69, 9.17) is 18.5 Å². The normalized spacial score (nSPS) is 14.8. The number of nitrogens with zero attached hydrogens (tertiary/aromatic N) is 1. The predicted molar refractivity (Wildman–Crippen MR) is 225 cm³/mol. The molecule has 0 aromatic heterocycles. The molecule has 11 heteroatoms. The molecule has 0 rings (SSSR count). The van der Waals surface area contributed by atoms with Gasteiger partial charge in [-0.15, -0.1) is 0 Å². The van der Waals surface area contributed by atoms with Gasteiger partial charge >= 0.3 is 19.8 Å². The van der Waals surface area contributed by atoms with Crippen LogP contribution in [0.1, 0.15) is 149 Å². The Morgan fingerprint density at radius 3 is 1.91 bits per heavy atom. The number of quaternary nitrogens is 1. The molecule has 55 heavy (non-hydrogen) atoms. The topological polar surface area (TPSA) is 129 Å². The van der Waals surface area contributed by atoms with Crippen molar-refractivity contribution in [2.45, 2.75) is 161 Å². The van der Waals surface area contributed by atoms with Crippen LogP contribution in [0, 0.1) is 0 Å². The number of aliphatic hydroxyl groups is 1. The molecule has 0 aliphatic carbocycles. The fourth-order valence-corrected chi connectivity index (χ4v) is 6.03. The lowest BCUT2D eigenvalue weighted by molar-refractivity contribution is -0.870. The molecule has 0 bridgehead atoms. The lowest BCUT2D eigenvalue weighted by Gasteiger charge is -2.24. The molecule has 0 aromatic carbocycles. The van der Waals surface area contributed by atoms with E-state index in [1.807, 2.05) is 39.4 Å². The zero-order chi connectivity index (χ0) is 40.9. The Bertz CT molecular complexity index is 1140. The van der Waals surface area contributed by atoms with Gasteiger partial charge in [0.05, 0.1) is 33.9 Å². The first-order valence-electron chi connectivity index (χ1n) is 21.1. The number of aliphatic hydroxyl groups excluding tert-OH is 1. The quantitative estimate of drug-likeness (QED) is 0.0158. The summed E-state index contributed by atoms with van der Waals surface area (Å²) in [4.78, 5) is 35.3. The van der Waals surface area contributed by atoms with Gasteiger partial charge in [-0.3, -0.25) is 18.6 Å². The summed E-state index contributed by atoms with van der Waals surface area (Å²) in [5.41, 5.74) is 0. The molecule has 318 valence electrons. The maximum Gasteiger partial charge on any atom is 0.472 e. The van der Waals surface area contributed by atoms with Gasteiger partial charge in [-0.1, -0.05) is 132 Å². The first-order chi connectivity index (χ1) is 26.4. The summed E-state index contributed by atoms with van der Waals surface area (Å²) < 4.78 is 34.2. The highest BCUT2D eigenvalue weighted by Gasteiger charge is 2.27. The van der Waals surface area contributed by atoms with Crippen molar-refractivity contribution in [3.63, 3.8) is 0 Å². The third-order valence-corrected chi connectivity index (χ3v) is 9.62. The second-order valence-electron chi connectivity index (χ2n) is 15.2. The van der Waals surface area contributed by atoms with Gasteiger partial charge in [0, 0.05) is 12.8 Å². The van der Waals surface area contributed by atoms with Crippen LogP contribution in [-0.2, 0) is 32.7 Å². The fraction of sp³-hybridized carbons (Fsp3) is 0.727. The number of esters is 2. The maximum absolute atomic E-state index is 12.7. The van der Waals surface area contributed by atoms with Crippen molar-refractivity contribution < 1.29 is 47.2 Å². The SMILES string of the molecule is CC/C=C/C/C=C/C=C/C(O)CCCCCCCC(=O)OC[C@H](COP(=O)(O)OCC[N+](C)(C)C)OC(=O)CCCCCCC/C=C\C/C=C\CCCCC. The number of unbranched alkanes of at least 4 members (excludes halogenated alkanes) is 12. The van der Waals surface area contributed by atoms with Crippen LogP contribution in [-0.4, -0.2) is 86.1 Å².